The second-order valence-corrected chi connectivity index (χ2v) is 5.24. The monoisotopic (exact) mass is 352 g/mol. The molecule has 10 heteroatoms. The van der Waals surface area contributed by atoms with Crippen molar-refractivity contribution < 1.29 is 28.5 Å². The smallest absolute Gasteiger partial charge is 0.335 e. The number of aliphatic carboxylic acids is 1. The molecule has 0 amide bonds. The van der Waals surface area contributed by atoms with Crippen LogP contribution in [0.15, 0.2) is 27.3 Å². The molecule has 3 rings (SSSR count). The van der Waals surface area contributed by atoms with Crippen molar-refractivity contribution in [1.29, 1.82) is 0 Å². The van der Waals surface area contributed by atoms with Crippen molar-refractivity contribution in [2.24, 2.45) is 0 Å². The predicted octanol–water partition coefficient (Wildman–Crippen LogP) is 0.429. The van der Waals surface area contributed by atoms with Crippen molar-refractivity contribution in [3.05, 3.63) is 61.3 Å². The number of carbonyl (C=O) groups is 1. The first kappa shape index (κ1) is 16.4. The van der Waals surface area contributed by atoms with Gasteiger partial charge in [-0.05, 0) is 23.8 Å². The fourth-order valence-electron chi connectivity index (χ4n) is 2.33. The third-order valence-electron chi connectivity index (χ3n) is 3.57. The summed E-state index contributed by atoms with van der Waals surface area (Å²) in [5.74, 6) is -5.12. The summed E-state index contributed by atoms with van der Waals surface area (Å²) < 4.78 is 32.5. The highest BCUT2D eigenvalue weighted by Crippen LogP contribution is 2.22. The Morgan fingerprint density at radius 3 is 2.52 bits per heavy atom. The van der Waals surface area contributed by atoms with E-state index in [0.717, 1.165) is 18.2 Å². The van der Waals surface area contributed by atoms with Gasteiger partial charge in [-0.25, -0.2) is 18.4 Å². The lowest BCUT2D eigenvalue weighted by molar-refractivity contribution is -0.132. The number of carboxylic acids is 1. The zero-order chi connectivity index (χ0) is 18.3. The predicted molar refractivity (Wildman–Crippen MR) is 79.6 cm³/mol. The van der Waals surface area contributed by atoms with Crippen LogP contribution in [0.4, 0.5) is 8.78 Å². The van der Waals surface area contributed by atoms with E-state index in [4.69, 9.17) is 14.9 Å². The van der Waals surface area contributed by atoms with E-state index in [9.17, 15) is 23.2 Å². The van der Waals surface area contributed by atoms with Gasteiger partial charge in [0.2, 0.25) is 5.88 Å². The Bertz CT molecular complexity index is 1010. The molecule has 2 aromatic rings. The van der Waals surface area contributed by atoms with Gasteiger partial charge in [0.15, 0.2) is 17.4 Å². The number of aromatic nitrogens is 2. The van der Waals surface area contributed by atoms with Gasteiger partial charge in [-0.3, -0.25) is 14.3 Å². The van der Waals surface area contributed by atoms with Crippen LogP contribution in [0.2, 0.25) is 0 Å². The third-order valence-corrected chi connectivity index (χ3v) is 3.57. The Morgan fingerprint density at radius 2 is 1.92 bits per heavy atom. The number of aromatic hydroxyl groups is 1. The molecule has 0 atom stereocenters. The average molecular weight is 352 g/mol. The molecular formula is C15H10F2N2O6. The average Bonchev–Trinajstić information content (AvgIpc) is 2.56. The van der Waals surface area contributed by atoms with E-state index in [0.29, 0.717) is 4.57 Å². The zero-order valence-corrected chi connectivity index (χ0v) is 12.4. The van der Waals surface area contributed by atoms with E-state index in [1.807, 2.05) is 0 Å². The number of carboxylic acid groups (broad SMARTS) is 1. The van der Waals surface area contributed by atoms with Gasteiger partial charge in [0, 0.05) is 0 Å². The molecule has 25 heavy (non-hydrogen) atoms. The maximum atomic E-state index is 13.4. The molecule has 0 saturated heterocycles. The van der Waals surface area contributed by atoms with E-state index < -0.39 is 41.1 Å². The van der Waals surface area contributed by atoms with Gasteiger partial charge in [0.05, 0.1) is 12.1 Å². The van der Waals surface area contributed by atoms with Gasteiger partial charge in [0.1, 0.15) is 12.2 Å². The van der Waals surface area contributed by atoms with Gasteiger partial charge >= 0.3 is 11.7 Å². The molecule has 1 aliphatic heterocycles. The molecule has 0 fully saturated rings. The van der Waals surface area contributed by atoms with Crippen LogP contribution in [0.5, 0.6) is 11.6 Å². The number of aromatic amines is 1. The number of rotatable bonds is 3. The van der Waals surface area contributed by atoms with Crippen LogP contribution < -0.4 is 16.0 Å². The molecule has 2 heterocycles. The van der Waals surface area contributed by atoms with Crippen molar-refractivity contribution >= 4 is 12.0 Å². The van der Waals surface area contributed by atoms with Crippen molar-refractivity contribution in [2.45, 2.75) is 6.54 Å². The molecule has 130 valence electrons. The summed E-state index contributed by atoms with van der Waals surface area (Å²) in [6.07, 6.45) is 1.06. The Hall–Kier alpha value is -3.43. The number of H-pyrrole nitrogens is 1. The summed E-state index contributed by atoms with van der Waals surface area (Å²) in [7, 11) is 0. The molecule has 3 N–H and O–H groups in total. The Balaban J connectivity index is 2.11. The lowest BCUT2D eigenvalue weighted by atomic mass is 10.1. The first-order valence-electron chi connectivity index (χ1n) is 6.88. The SMILES string of the molecule is O=C(O)C1=Cc2c([nH]c(=O)n(Cc3cc(F)c(O)c(F)c3)c2=O)OC1. The molecule has 8 nitrogen and oxygen atoms in total. The lowest BCUT2D eigenvalue weighted by Crippen LogP contribution is -2.38. The second kappa shape index (κ2) is 5.89. The molecule has 0 aliphatic carbocycles. The quantitative estimate of drug-likeness (QED) is 0.736. The summed E-state index contributed by atoms with van der Waals surface area (Å²) >= 11 is 0. The van der Waals surface area contributed by atoms with Crippen LogP contribution in [0.3, 0.4) is 0 Å². The number of nitrogens with zero attached hydrogens (tertiary/aromatic N) is 1. The molecule has 0 radical (unpaired) electrons. The van der Waals surface area contributed by atoms with Crippen LogP contribution in [0.1, 0.15) is 11.1 Å². The van der Waals surface area contributed by atoms with Gasteiger partial charge in [-0.1, -0.05) is 0 Å². The summed E-state index contributed by atoms with van der Waals surface area (Å²) in [6, 6.07) is 1.55. The largest absolute Gasteiger partial charge is 0.503 e. The van der Waals surface area contributed by atoms with Crippen molar-refractivity contribution in [3.8, 4) is 11.6 Å². The fourth-order valence-corrected chi connectivity index (χ4v) is 2.33. The second-order valence-electron chi connectivity index (χ2n) is 5.24. The highest BCUT2D eigenvalue weighted by atomic mass is 19.1. The Labute approximate surface area is 137 Å². The molecular weight excluding hydrogens is 342 g/mol. The summed E-state index contributed by atoms with van der Waals surface area (Å²) in [5, 5.41) is 18.0. The Morgan fingerprint density at radius 1 is 1.28 bits per heavy atom. The van der Waals surface area contributed by atoms with Gasteiger partial charge < -0.3 is 14.9 Å². The van der Waals surface area contributed by atoms with Crippen LogP contribution in [-0.4, -0.2) is 32.3 Å². The van der Waals surface area contributed by atoms with Crippen LogP contribution in [0, 0.1) is 11.6 Å². The van der Waals surface area contributed by atoms with Crippen LogP contribution >= 0.6 is 0 Å². The normalized spacial score (nSPS) is 13.0. The number of ether oxygens (including phenoxy) is 1. The van der Waals surface area contributed by atoms with Crippen LogP contribution in [0.25, 0.3) is 6.08 Å². The minimum atomic E-state index is -1.29. The van der Waals surface area contributed by atoms with E-state index in [2.05, 4.69) is 4.98 Å². The van der Waals surface area contributed by atoms with Crippen molar-refractivity contribution in [3.63, 3.8) is 0 Å². The number of phenols is 1. The maximum absolute atomic E-state index is 13.4. The molecule has 0 spiro atoms. The summed E-state index contributed by atoms with van der Waals surface area (Å²) in [5.41, 5.74) is -2.25. The number of fused-ring (bicyclic) bond motifs is 1. The fraction of sp³-hybridized carbons (Fsp3) is 0.133. The van der Waals surface area contributed by atoms with E-state index in [-0.39, 0.29) is 29.2 Å². The highest BCUT2D eigenvalue weighted by Gasteiger charge is 2.22. The number of nitrogens with one attached hydrogen (secondary N) is 1. The zero-order valence-electron chi connectivity index (χ0n) is 12.4. The topological polar surface area (TPSA) is 122 Å². The maximum Gasteiger partial charge on any atom is 0.335 e. The number of hydrogen-bond acceptors (Lipinski definition) is 5. The van der Waals surface area contributed by atoms with Gasteiger partial charge in [-0.15, -0.1) is 0 Å². The van der Waals surface area contributed by atoms with Crippen LogP contribution in [-0.2, 0) is 11.3 Å². The lowest BCUT2D eigenvalue weighted by Gasteiger charge is -2.16. The highest BCUT2D eigenvalue weighted by molar-refractivity contribution is 5.93. The summed E-state index contributed by atoms with van der Waals surface area (Å²) in [4.78, 5) is 37.7. The first-order valence-corrected chi connectivity index (χ1v) is 6.88. The number of phenolic OH excluding ortho intramolecular Hbond substituents is 1. The van der Waals surface area contributed by atoms with Crippen molar-refractivity contribution in [2.75, 3.05) is 6.61 Å². The molecule has 1 aromatic heterocycles. The number of halogens is 2. The van der Waals surface area contributed by atoms with Gasteiger partial charge in [0.25, 0.3) is 5.56 Å². The number of hydrogen-bond donors (Lipinski definition) is 3. The van der Waals surface area contributed by atoms with Crippen molar-refractivity contribution in [1.82, 2.24) is 9.55 Å². The van der Waals surface area contributed by atoms with E-state index >= 15 is 0 Å². The Kier molecular flexibility index (Phi) is 3.87. The standard InChI is InChI=1S/C15H10F2N2O6/c16-9-1-6(2-10(17)11(9)20)4-19-13(21)8-3-7(14(22)23)5-25-12(8)18-15(19)24/h1-3,20H,4-5H2,(H,18,24)(H,22,23). The first-order chi connectivity index (χ1) is 11.8. The molecule has 1 aromatic carbocycles. The minimum absolute atomic E-state index is 0.0838. The molecule has 0 saturated carbocycles. The third kappa shape index (κ3) is 2.89. The van der Waals surface area contributed by atoms with Gasteiger partial charge in [-0.2, -0.15) is 0 Å². The molecule has 0 bridgehead atoms. The number of benzene rings is 1. The summed E-state index contributed by atoms with van der Waals surface area (Å²) in [6.45, 7) is -0.818. The molecule has 1 aliphatic rings. The van der Waals surface area contributed by atoms with E-state index in [1.54, 1.807) is 0 Å². The van der Waals surface area contributed by atoms with E-state index in [1.165, 1.54) is 0 Å². The molecule has 0 unspecified atom stereocenters. The minimum Gasteiger partial charge on any atom is -0.503 e.